The number of nitrogens with zero attached hydrogens (tertiary/aromatic N) is 4. The predicted octanol–water partition coefficient (Wildman–Crippen LogP) is 1.17. The average molecular weight is 273 g/mol. The molecule has 0 saturated carbocycles. The number of aromatic nitrogens is 2. The molecule has 7 nitrogen and oxygen atoms in total. The third-order valence-corrected chi connectivity index (χ3v) is 4.60. The lowest BCUT2D eigenvalue weighted by Crippen LogP contribution is -2.28. The van der Waals surface area contributed by atoms with E-state index >= 15 is 0 Å². The van der Waals surface area contributed by atoms with Gasteiger partial charge in [0.2, 0.25) is 11.8 Å². The van der Waals surface area contributed by atoms with E-state index in [9.17, 15) is 10.1 Å². The minimum absolute atomic E-state index is 0.0791. The first kappa shape index (κ1) is 12.2. The molecule has 1 aromatic heterocycles. The summed E-state index contributed by atoms with van der Waals surface area (Å²) in [5, 5.41) is 10.6. The molecule has 1 fully saturated rings. The summed E-state index contributed by atoms with van der Waals surface area (Å²) in [6, 6.07) is 0. The van der Waals surface area contributed by atoms with Crippen LogP contribution in [-0.2, 0) is 0 Å². The molecule has 0 spiro atoms. The molecule has 1 aliphatic rings. The van der Waals surface area contributed by atoms with Crippen LogP contribution in [0, 0.1) is 10.1 Å². The molecule has 1 aliphatic heterocycles. The van der Waals surface area contributed by atoms with Crippen LogP contribution in [0.5, 0.6) is 0 Å². The van der Waals surface area contributed by atoms with Crippen LogP contribution >= 0.6 is 21.6 Å². The first-order chi connectivity index (χ1) is 8.18. The molecule has 0 unspecified atom stereocenters. The van der Waals surface area contributed by atoms with Crippen LogP contribution in [0.15, 0.2) is 6.20 Å². The highest BCUT2D eigenvalue weighted by molar-refractivity contribution is 8.76. The maximum absolute atomic E-state index is 10.6. The van der Waals surface area contributed by atoms with Gasteiger partial charge in [0.1, 0.15) is 6.20 Å². The Balaban J connectivity index is 2.21. The normalized spacial score (nSPS) is 16.6. The topological polar surface area (TPSA) is 98.2 Å². The van der Waals surface area contributed by atoms with Crippen LogP contribution in [0.4, 0.5) is 17.5 Å². The van der Waals surface area contributed by atoms with Gasteiger partial charge >= 0.3 is 5.69 Å². The first-order valence-electron chi connectivity index (χ1n) is 4.95. The van der Waals surface area contributed by atoms with Crippen molar-refractivity contribution < 1.29 is 4.92 Å². The van der Waals surface area contributed by atoms with Gasteiger partial charge in [-0.15, -0.1) is 0 Å². The molecule has 0 aliphatic carbocycles. The van der Waals surface area contributed by atoms with E-state index in [0.717, 1.165) is 24.6 Å². The molecular formula is C8H11N5O2S2. The Bertz CT molecular complexity index is 422. The second-order valence-electron chi connectivity index (χ2n) is 3.33. The second-order valence-corrected chi connectivity index (χ2v) is 6.03. The van der Waals surface area contributed by atoms with Crippen LogP contribution < -0.4 is 10.6 Å². The van der Waals surface area contributed by atoms with Crippen LogP contribution in [0.25, 0.3) is 0 Å². The van der Waals surface area contributed by atoms with Crippen molar-refractivity contribution in [2.75, 3.05) is 35.2 Å². The molecule has 0 atom stereocenters. The molecule has 9 heteroatoms. The van der Waals surface area contributed by atoms with E-state index in [1.54, 1.807) is 21.6 Å². The van der Waals surface area contributed by atoms with Gasteiger partial charge in [-0.05, 0) is 0 Å². The zero-order chi connectivity index (χ0) is 12.3. The second kappa shape index (κ2) is 5.41. The fourth-order valence-corrected chi connectivity index (χ4v) is 3.38. The summed E-state index contributed by atoms with van der Waals surface area (Å²) in [6.07, 6.45) is 1.17. The molecule has 2 N–H and O–H groups in total. The van der Waals surface area contributed by atoms with Crippen molar-refractivity contribution in [3.05, 3.63) is 16.3 Å². The maximum atomic E-state index is 10.6. The molecule has 0 aromatic carbocycles. The van der Waals surface area contributed by atoms with E-state index in [1.165, 1.54) is 6.20 Å². The highest BCUT2D eigenvalue weighted by atomic mass is 33.1. The van der Waals surface area contributed by atoms with Gasteiger partial charge in [-0.25, -0.2) is 4.98 Å². The SMILES string of the molecule is Nc1nc(N2CCSSCC2)ncc1[N+](=O)[O-]. The summed E-state index contributed by atoms with van der Waals surface area (Å²) in [5.74, 6) is 2.34. The quantitative estimate of drug-likeness (QED) is 0.487. The molecule has 2 heterocycles. The summed E-state index contributed by atoms with van der Waals surface area (Å²) >= 11 is 0. The molecular weight excluding hydrogens is 262 g/mol. The zero-order valence-corrected chi connectivity index (χ0v) is 10.5. The van der Waals surface area contributed by atoms with Crippen molar-refractivity contribution in [3.8, 4) is 0 Å². The number of nitrogens with two attached hydrogens (primary N) is 1. The lowest BCUT2D eigenvalue weighted by atomic mass is 10.5. The van der Waals surface area contributed by atoms with Crippen molar-refractivity contribution in [3.63, 3.8) is 0 Å². The van der Waals surface area contributed by atoms with E-state index in [2.05, 4.69) is 9.97 Å². The number of anilines is 2. The number of nitrogen functional groups attached to an aromatic ring is 1. The Morgan fingerprint density at radius 2 is 2.06 bits per heavy atom. The highest BCUT2D eigenvalue weighted by Crippen LogP contribution is 2.26. The van der Waals surface area contributed by atoms with Gasteiger partial charge in [0.25, 0.3) is 0 Å². The molecule has 1 aromatic rings. The maximum Gasteiger partial charge on any atom is 0.329 e. The summed E-state index contributed by atoms with van der Waals surface area (Å²) < 4.78 is 0. The van der Waals surface area contributed by atoms with Gasteiger partial charge in [-0.1, -0.05) is 21.6 Å². The monoisotopic (exact) mass is 273 g/mol. The van der Waals surface area contributed by atoms with Crippen molar-refractivity contribution in [1.29, 1.82) is 0 Å². The minimum atomic E-state index is -0.576. The Morgan fingerprint density at radius 1 is 1.41 bits per heavy atom. The van der Waals surface area contributed by atoms with Gasteiger partial charge in [-0.3, -0.25) is 10.1 Å². The Morgan fingerprint density at radius 3 is 2.59 bits per heavy atom. The number of hydrogen-bond donors (Lipinski definition) is 1. The summed E-state index contributed by atoms with van der Waals surface area (Å²) in [6.45, 7) is 1.66. The Labute approximate surface area is 106 Å². The van der Waals surface area contributed by atoms with E-state index in [0.29, 0.717) is 5.95 Å². The largest absolute Gasteiger partial charge is 0.378 e. The predicted molar refractivity (Wildman–Crippen MR) is 70.2 cm³/mol. The lowest BCUT2D eigenvalue weighted by molar-refractivity contribution is -0.384. The van der Waals surface area contributed by atoms with E-state index in [1.807, 2.05) is 4.90 Å². The molecule has 2 rings (SSSR count). The Kier molecular flexibility index (Phi) is 3.89. The van der Waals surface area contributed by atoms with Crippen LogP contribution in [0.2, 0.25) is 0 Å². The first-order valence-corrected chi connectivity index (χ1v) is 7.43. The number of hydrogen-bond acceptors (Lipinski definition) is 8. The fraction of sp³-hybridized carbons (Fsp3) is 0.500. The van der Waals surface area contributed by atoms with Gasteiger partial charge < -0.3 is 10.6 Å². The van der Waals surface area contributed by atoms with Crippen LogP contribution in [0.1, 0.15) is 0 Å². The standard InChI is InChI=1S/C8H11N5O2S2/c9-7-6(13(14)15)5-10-8(11-7)12-1-3-16-17-4-2-12/h5H,1-4H2,(H2,9,10,11). The van der Waals surface area contributed by atoms with Crippen molar-refractivity contribution >= 4 is 39.0 Å². The molecule has 17 heavy (non-hydrogen) atoms. The summed E-state index contributed by atoms with van der Waals surface area (Å²) in [4.78, 5) is 20.0. The van der Waals surface area contributed by atoms with Gasteiger partial charge in [0.05, 0.1) is 4.92 Å². The van der Waals surface area contributed by atoms with E-state index < -0.39 is 4.92 Å². The third-order valence-electron chi connectivity index (χ3n) is 2.24. The van der Waals surface area contributed by atoms with Gasteiger partial charge in [-0.2, -0.15) is 4.98 Å². The minimum Gasteiger partial charge on any atom is -0.378 e. The van der Waals surface area contributed by atoms with E-state index in [4.69, 9.17) is 5.73 Å². The van der Waals surface area contributed by atoms with Crippen LogP contribution in [-0.4, -0.2) is 39.5 Å². The van der Waals surface area contributed by atoms with Crippen molar-refractivity contribution in [2.24, 2.45) is 0 Å². The Hall–Kier alpha value is -1.22. The molecule has 92 valence electrons. The van der Waals surface area contributed by atoms with Crippen molar-refractivity contribution in [2.45, 2.75) is 0 Å². The van der Waals surface area contributed by atoms with Gasteiger partial charge in [0.15, 0.2) is 0 Å². The average Bonchev–Trinajstić information content (AvgIpc) is 2.56. The fourth-order valence-electron chi connectivity index (χ4n) is 1.40. The van der Waals surface area contributed by atoms with E-state index in [-0.39, 0.29) is 11.5 Å². The smallest absolute Gasteiger partial charge is 0.329 e. The molecule has 1 saturated heterocycles. The summed E-state index contributed by atoms with van der Waals surface area (Å²) in [5.41, 5.74) is 5.29. The van der Waals surface area contributed by atoms with Crippen LogP contribution in [0.3, 0.4) is 0 Å². The molecule has 0 radical (unpaired) electrons. The number of nitro groups is 1. The number of rotatable bonds is 2. The lowest BCUT2D eigenvalue weighted by Gasteiger charge is -2.19. The molecule has 0 bridgehead atoms. The summed E-state index contributed by atoms with van der Waals surface area (Å²) in [7, 11) is 3.61. The highest BCUT2D eigenvalue weighted by Gasteiger charge is 2.18. The van der Waals surface area contributed by atoms with Gasteiger partial charge in [0, 0.05) is 24.6 Å². The molecule has 0 amide bonds. The van der Waals surface area contributed by atoms with Crippen molar-refractivity contribution in [1.82, 2.24) is 9.97 Å². The third kappa shape index (κ3) is 2.91. The zero-order valence-electron chi connectivity index (χ0n) is 8.90.